The predicted molar refractivity (Wildman–Crippen MR) is 72.3 cm³/mol. The van der Waals surface area contributed by atoms with Gasteiger partial charge in [0.05, 0.1) is 11.1 Å². The fraction of sp³-hybridized carbons (Fsp3) is 0.462. The molecule has 1 aromatic rings. The van der Waals surface area contributed by atoms with Gasteiger partial charge >= 0.3 is 0 Å². The standard InChI is InChI=1S/C13H17ClN2O2/c1-8-13(17)15-11-6-9(4-5-12(11)18-8)10(14)7-16(2)3/h4-6,8,10H,7H2,1-3H3,(H,15,17). The molecule has 4 nitrogen and oxygen atoms in total. The number of ether oxygens (including phenoxy) is 1. The Morgan fingerprint density at radius 2 is 2.22 bits per heavy atom. The van der Waals surface area contributed by atoms with E-state index in [9.17, 15) is 4.79 Å². The molecular weight excluding hydrogens is 252 g/mol. The summed E-state index contributed by atoms with van der Waals surface area (Å²) < 4.78 is 5.49. The van der Waals surface area contributed by atoms with E-state index in [1.165, 1.54) is 0 Å². The number of nitrogens with one attached hydrogen (secondary N) is 1. The molecule has 0 bridgehead atoms. The molecule has 1 amide bonds. The van der Waals surface area contributed by atoms with Gasteiger partial charge in [-0.1, -0.05) is 6.07 Å². The number of nitrogens with zero attached hydrogens (tertiary/aromatic N) is 1. The molecule has 2 rings (SSSR count). The molecule has 2 unspecified atom stereocenters. The monoisotopic (exact) mass is 268 g/mol. The number of likely N-dealkylation sites (N-methyl/N-ethyl adjacent to an activating group) is 1. The van der Waals surface area contributed by atoms with Crippen molar-refractivity contribution >= 4 is 23.2 Å². The highest BCUT2D eigenvalue weighted by atomic mass is 35.5. The second-order valence-electron chi connectivity index (χ2n) is 4.73. The summed E-state index contributed by atoms with van der Waals surface area (Å²) in [7, 11) is 3.95. The highest BCUT2D eigenvalue weighted by Crippen LogP contribution is 2.33. The summed E-state index contributed by atoms with van der Waals surface area (Å²) in [6, 6.07) is 5.66. The number of amides is 1. The first kappa shape index (κ1) is 13.2. The molecule has 1 aromatic carbocycles. The fourth-order valence-corrected chi connectivity index (χ4v) is 2.26. The first-order valence-corrected chi connectivity index (χ1v) is 6.31. The SMILES string of the molecule is CC1Oc2ccc(C(Cl)CN(C)C)cc2NC1=O. The number of benzene rings is 1. The van der Waals surface area contributed by atoms with Gasteiger partial charge in [0.25, 0.3) is 5.91 Å². The van der Waals surface area contributed by atoms with Crippen molar-refractivity contribution in [1.29, 1.82) is 0 Å². The number of carbonyl (C=O) groups excluding carboxylic acids is 1. The molecule has 0 aliphatic carbocycles. The van der Waals surface area contributed by atoms with Crippen LogP contribution in [-0.2, 0) is 4.79 Å². The number of hydrogen-bond acceptors (Lipinski definition) is 3. The van der Waals surface area contributed by atoms with E-state index in [1.807, 2.05) is 37.2 Å². The van der Waals surface area contributed by atoms with Crippen molar-refractivity contribution in [3.05, 3.63) is 23.8 Å². The molecular formula is C13H17ClN2O2. The minimum Gasteiger partial charge on any atom is -0.479 e. The third-order valence-electron chi connectivity index (χ3n) is 2.82. The van der Waals surface area contributed by atoms with Gasteiger partial charge in [-0.05, 0) is 38.7 Å². The van der Waals surface area contributed by atoms with Crippen LogP contribution >= 0.6 is 11.6 Å². The maximum Gasteiger partial charge on any atom is 0.265 e. The van der Waals surface area contributed by atoms with Gasteiger partial charge < -0.3 is 15.0 Å². The van der Waals surface area contributed by atoms with E-state index in [0.717, 1.165) is 12.1 Å². The number of halogens is 1. The summed E-state index contributed by atoms with van der Waals surface area (Å²) in [5.41, 5.74) is 1.67. The smallest absolute Gasteiger partial charge is 0.265 e. The maximum atomic E-state index is 11.5. The van der Waals surface area contributed by atoms with Gasteiger partial charge in [-0.3, -0.25) is 4.79 Å². The summed E-state index contributed by atoms with van der Waals surface area (Å²) in [5, 5.41) is 2.71. The Kier molecular flexibility index (Phi) is 3.78. The van der Waals surface area contributed by atoms with Crippen molar-refractivity contribution in [2.24, 2.45) is 0 Å². The number of alkyl halides is 1. The van der Waals surface area contributed by atoms with Gasteiger partial charge in [-0.25, -0.2) is 0 Å². The lowest BCUT2D eigenvalue weighted by atomic mass is 10.1. The van der Waals surface area contributed by atoms with Crippen LogP contribution in [0.5, 0.6) is 5.75 Å². The molecule has 0 saturated heterocycles. The first-order valence-electron chi connectivity index (χ1n) is 5.87. The lowest BCUT2D eigenvalue weighted by Crippen LogP contribution is -2.34. The second-order valence-corrected chi connectivity index (χ2v) is 5.26. The number of fused-ring (bicyclic) bond motifs is 1. The molecule has 0 aromatic heterocycles. The number of hydrogen-bond donors (Lipinski definition) is 1. The van der Waals surface area contributed by atoms with Gasteiger partial charge in [0.2, 0.25) is 0 Å². The molecule has 18 heavy (non-hydrogen) atoms. The average Bonchev–Trinajstić information content (AvgIpc) is 2.29. The van der Waals surface area contributed by atoms with Crippen LogP contribution in [0.3, 0.4) is 0 Å². The van der Waals surface area contributed by atoms with E-state index in [1.54, 1.807) is 6.92 Å². The third kappa shape index (κ3) is 2.76. The van der Waals surface area contributed by atoms with Crippen molar-refractivity contribution in [1.82, 2.24) is 4.90 Å². The molecule has 1 aliphatic heterocycles. The molecule has 5 heteroatoms. The molecule has 1 N–H and O–H groups in total. The Balaban J connectivity index is 2.22. The molecule has 1 aliphatic rings. The third-order valence-corrected chi connectivity index (χ3v) is 3.21. The van der Waals surface area contributed by atoms with Crippen LogP contribution in [0.25, 0.3) is 0 Å². The zero-order chi connectivity index (χ0) is 13.3. The van der Waals surface area contributed by atoms with E-state index in [-0.39, 0.29) is 11.3 Å². The largest absolute Gasteiger partial charge is 0.479 e. The summed E-state index contributed by atoms with van der Waals surface area (Å²) >= 11 is 6.31. The molecule has 98 valence electrons. The normalized spacial score (nSPS) is 20.1. The second kappa shape index (κ2) is 5.16. The Morgan fingerprint density at radius 3 is 2.89 bits per heavy atom. The van der Waals surface area contributed by atoms with Crippen LogP contribution in [0.4, 0.5) is 5.69 Å². The molecule has 2 atom stereocenters. The highest BCUT2D eigenvalue weighted by molar-refractivity contribution is 6.21. The first-order chi connectivity index (χ1) is 8.47. The summed E-state index contributed by atoms with van der Waals surface area (Å²) in [6.45, 7) is 2.47. The number of rotatable bonds is 3. The lowest BCUT2D eigenvalue weighted by molar-refractivity contribution is -0.122. The van der Waals surface area contributed by atoms with E-state index < -0.39 is 6.10 Å². The molecule has 0 saturated carbocycles. The van der Waals surface area contributed by atoms with Crippen LogP contribution in [0, 0.1) is 0 Å². The van der Waals surface area contributed by atoms with Gasteiger partial charge in [0.15, 0.2) is 6.10 Å². The maximum absolute atomic E-state index is 11.5. The predicted octanol–water partition coefficient (Wildman–Crippen LogP) is 2.25. The lowest BCUT2D eigenvalue weighted by Gasteiger charge is -2.24. The molecule has 0 spiro atoms. The Morgan fingerprint density at radius 1 is 1.50 bits per heavy atom. The fourth-order valence-electron chi connectivity index (χ4n) is 1.85. The van der Waals surface area contributed by atoms with Crippen molar-refractivity contribution < 1.29 is 9.53 Å². The van der Waals surface area contributed by atoms with E-state index in [4.69, 9.17) is 16.3 Å². The van der Waals surface area contributed by atoms with Crippen LogP contribution in [0.15, 0.2) is 18.2 Å². The number of anilines is 1. The van der Waals surface area contributed by atoms with E-state index >= 15 is 0 Å². The van der Waals surface area contributed by atoms with Crippen LogP contribution in [0.2, 0.25) is 0 Å². The zero-order valence-corrected chi connectivity index (χ0v) is 11.5. The molecule has 1 heterocycles. The Labute approximate surface area is 112 Å². The van der Waals surface area contributed by atoms with Gasteiger partial charge in [0.1, 0.15) is 5.75 Å². The Bertz CT molecular complexity index is 462. The van der Waals surface area contributed by atoms with Crippen molar-refractivity contribution in [3.63, 3.8) is 0 Å². The Hall–Kier alpha value is -1.26. The molecule has 0 radical (unpaired) electrons. The average molecular weight is 269 g/mol. The minimum atomic E-state index is -0.447. The number of carbonyl (C=O) groups is 1. The van der Waals surface area contributed by atoms with Crippen molar-refractivity contribution in [2.45, 2.75) is 18.4 Å². The molecule has 0 fully saturated rings. The highest BCUT2D eigenvalue weighted by Gasteiger charge is 2.24. The van der Waals surface area contributed by atoms with Crippen molar-refractivity contribution in [2.75, 3.05) is 26.0 Å². The minimum absolute atomic E-state index is 0.110. The zero-order valence-electron chi connectivity index (χ0n) is 10.7. The van der Waals surface area contributed by atoms with Crippen LogP contribution in [0.1, 0.15) is 17.9 Å². The van der Waals surface area contributed by atoms with Gasteiger partial charge in [0, 0.05) is 6.54 Å². The topological polar surface area (TPSA) is 41.6 Å². The summed E-state index contributed by atoms with van der Waals surface area (Å²) in [6.07, 6.45) is -0.447. The summed E-state index contributed by atoms with van der Waals surface area (Å²) in [5.74, 6) is 0.568. The van der Waals surface area contributed by atoms with Gasteiger partial charge in [-0.15, -0.1) is 11.6 Å². The van der Waals surface area contributed by atoms with Crippen LogP contribution in [-0.4, -0.2) is 37.6 Å². The quantitative estimate of drug-likeness (QED) is 0.855. The van der Waals surface area contributed by atoms with Crippen molar-refractivity contribution in [3.8, 4) is 5.75 Å². The van der Waals surface area contributed by atoms with E-state index in [0.29, 0.717) is 11.4 Å². The van der Waals surface area contributed by atoms with Crippen LogP contribution < -0.4 is 10.1 Å². The van der Waals surface area contributed by atoms with Gasteiger partial charge in [-0.2, -0.15) is 0 Å². The van der Waals surface area contributed by atoms with E-state index in [2.05, 4.69) is 5.32 Å². The summed E-state index contributed by atoms with van der Waals surface area (Å²) in [4.78, 5) is 13.6.